The van der Waals surface area contributed by atoms with Crippen LogP contribution in [0.25, 0.3) is 5.52 Å². The summed E-state index contributed by atoms with van der Waals surface area (Å²) in [6.07, 6.45) is 16.7. The number of pyridine rings is 1. The molecule has 2 aromatic rings. The van der Waals surface area contributed by atoms with Crippen molar-refractivity contribution in [3.05, 3.63) is 60.5 Å². The van der Waals surface area contributed by atoms with Gasteiger partial charge in [0.25, 0.3) is 0 Å². The Bertz CT molecular complexity index is 1230. The number of allylic oxidation sites excluding steroid dienone is 4. The van der Waals surface area contributed by atoms with Crippen LogP contribution in [0.4, 0.5) is 19.0 Å². The lowest BCUT2D eigenvalue weighted by molar-refractivity contribution is -0.120. The first-order chi connectivity index (χ1) is 21.3. The van der Waals surface area contributed by atoms with E-state index in [0.29, 0.717) is 24.1 Å². The van der Waals surface area contributed by atoms with Crippen molar-refractivity contribution < 1.29 is 22.8 Å². The molecule has 2 rings (SSSR count). The van der Waals surface area contributed by atoms with Gasteiger partial charge in [-0.2, -0.15) is 18.3 Å². The van der Waals surface area contributed by atoms with Crippen molar-refractivity contribution in [1.29, 1.82) is 0 Å². The highest BCUT2D eigenvalue weighted by atomic mass is 32.2. The average molecular weight is 653 g/mol. The molecule has 1 amide bonds. The third-order valence-electron chi connectivity index (χ3n) is 5.24. The number of nitrogens with zero attached hydrogens (tertiary/aromatic N) is 3. The largest absolute Gasteiger partial charge is 0.446 e. The number of carbonyl (C=O) groups is 2. The summed E-state index contributed by atoms with van der Waals surface area (Å²) in [5, 5.41) is 9.35. The van der Waals surface area contributed by atoms with Crippen molar-refractivity contribution in [3.63, 3.8) is 0 Å². The first kappa shape index (κ1) is 43.4. The lowest BCUT2D eigenvalue weighted by Gasteiger charge is -2.04. The molecule has 2 heterocycles. The molecule has 0 radical (unpaired) electrons. The summed E-state index contributed by atoms with van der Waals surface area (Å²) < 4.78 is 39.2. The number of nitrogens with two attached hydrogens (primary N) is 1. The van der Waals surface area contributed by atoms with Crippen molar-refractivity contribution in [3.8, 4) is 11.8 Å². The van der Waals surface area contributed by atoms with E-state index in [2.05, 4.69) is 60.2 Å². The van der Waals surface area contributed by atoms with E-state index >= 15 is 0 Å². The maximum Gasteiger partial charge on any atom is 0.446 e. The zero-order chi connectivity index (χ0) is 34.7. The van der Waals surface area contributed by atoms with Crippen LogP contribution in [0.5, 0.6) is 0 Å². The van der Waals surface area contributed by atoms with Gasteiger partial charge >= 0.3 is 5.51 Å². The number of fused-ring (bicyclic) bond motifs is 1. The Morgan fingerprint density at radius 2 is 1.84 bits per heavy atom. The summed E-state index contributed by atoms with van der Waals surface area (Å²) in [7, 11) is 7.06. The Morgan fingerprint density at radius 3 is 2.29 bits per heavy atom. The number of aromatic nitrogens is 2. The van der Waals surface area contributed by atoms with Gasteiger partial charge in [0.15, 0.2) is 6.29 Å². The van der Waals surface area contributed by atoms with Gasteiger partial charge in [0, 0.05) is 39.3 Å². The van der Waals surface area contributed by atoms with Gasteiger partial charge in [-0.3, -0.25) is 9.59 Å². The Morgan fingerprint density at radius 1 is 1.16 bits per heavy atom. The number of hydrogen-bond donors (Lipinski definition) is 3. The van der Waals surface area contributed by atoms with Gasteiger partial charge in [0.1, 0.15) is 11.5 Å². The van der Waals surface area contributed by atoms with Crippen LogP contribution in [-0.4, -0.2) is 67.0 Å². The Kier molecular flexibility index (Phi) is 25.8. The normalized spacial score (nSPS) is 10.7. The first-order valence-corrected chi connectivity index (χ1v) is 15.6. The summed E-state index contributed by atoms with van der Waals surface area (Å²) in [6.45, 7) is 10.2. The molecule has 0 fully saturated rings. The lowest BCUT2D eigenvalue weighted by atomic mass is 10.2. The summed E-state index contributed by atoms with van der Waals surface area (Å²) in [6, 6.07) is 4.67. The molecular weight excluding hydrogens is 601 g/mol. The topological polar surface area (TPSA) is 105 Å². The molecule has 12 heteroatoms. The van der Waals surface area contributed by atoms with Gasteiger partial charge in [-0.05, 0) is 62.5 Å². The number of unbranched alkanes of at least 4 members (excludes halogenated alkanes) is 3. The highest BCUT2D eigenvalue weighted by molar-refractivity contribution is 8.00. The smallest absolute Gasteiger partial charge is 0.384 e. The zero-order valence-corrected chi connectivity index (χ0v) is 28.6. The van der Waals surface area contributed by atoms with Crippen molar-refractivity contribution in [2.75, 3.05) is 40.5 Å². The number of carbonyl (C=O) groups excluding carboxylic acids is 2. The SMILES string of the molecule is C=C/C(C=O)=C\N(C)C.CC/C=C\CCCCC.CCCC(=O)NC.CNCC#Cc1nn2c(N)cccc2c1SC(F)(F)F. The maximum atomic E-state index is 12.6. The highest BCUT2D eigenvalue weighted by Gasteiger charge is 2.32. The number of aldehydes is 1. The quantitative estimate of drug-likeness (QED) is 0.0432. The minimum absolute atomic E-state index is 0.0339. The fourth-order valence-electron chi connectivity index (χ4n) is 3.16. The number of alkyl halides is 3. The Hall–Kier alpha value is -3.69. The molecule has 0 saturated heterocycles. The number of nitrogens with one attached hydrogen (secondary N) is 2. The molecule has 45 heavy (non-hydrogen) atoms. The Labute approximate surface area is 271 Å². The molecule has 0 spiro atoms. The number of thioether (sulfide) groups is 1. The third kappa shape index (κ3) is 22.5. The van der Waals surface area contributed by atoms with Crippen molar-refractivity contribution in [1.82, 2.24) is 25.1 Å². The van der Waals surface area contributed by atoms with E-state index in [0.717, 1.165) is 12.7 Å². The molecule has 8 nitrogen and oxygen atoms in total. The second-order valence-corrected chi connectivity index (χ2v) is 10.6. The molecule has 2 aromatic heterocycles. The molecule has 0 aromatic carbocycles. The van der Waals surface area contributed by atoms with E-state index in [1.165, 1.54) is 48.8 Å². The van der Waals surface area contributed by atoms with Crippen molar-refractivity contribution >= 4 is 35.3 Å². The van der Waals surface area contributed by atoms with Gasteiger partial charge in [-0.1, -0.05) is 70.4 Å². The van der Waals surface area contributed by atoms with Crippen LogP contribution in [0.15, 0.2) is 59.7 Å². The fourth-order valence-corrected chi connectivity index (χ4v) is 3.84. The summed E-state index contributed by atoms with van der Waals surface area (Å²) in [5.41, 5.74) is 2.26. The molecule has 4 N–H and O–H groups in total. The van der Waals surface area contributed by atoms with Crippen molar-refractivity contribution in [2.24, 2.45) is 0 Å². The molecule has 0 saturated carbocycles. The molecule has 0 bridgehead atoms. The molecule has 252 valence electrons. The van der Waals surface area contributed by atoms with Gasteiger partial charge < -0.3 is 21.3 Å². The summed E-state index contributed by atoms with van der Waals surface area (Å²) in [5.74, 6) is 5.72. The number of amides is 1. The van der Waals surface area contributed by atoms with Crippen LogP contribution in [0.2, 0.25) is 0 Å². The molecular formula is C33H51F3N6O2S. The van der Waals surface area contributed by atoms with E-state index in [4.69, 9.17) is 5.73 Å². The summed E-state index contributed by atoms with van der Waals surface area (Å²) in [4.78, 5) is 22.2. The van der Waals surface area contributed by atoms with Crippen LogP contribution in [-0.2, 0) is 9.59 Å². The minimum atomic E-state index is -4.41. The zero-order valence-electron chi connectivity index (χ0n) is 27.8. The second-order valence-electron chi connectivity index (χ2n) is 9.52. The van der Waals surface area contributed by atoms with Gasteiger partial charge in [0.05, 0.1) is 17.0 Å². The average Bonchev–Trinajstić information content (AvgIpc) is 3.33. The highest BCUT2D eigenvalue weighted by Crippen LogP contribution is 2.40. The van der Waals surface area contributed by atoms with E-state index in [1.807, 2.05) is 21.0 Å². The Balaban J connectivity index is 0. The van der Waals surface area contributed by atoms with Crippen LogP contribution >= 0.6 is 11.8 Å². The van der Waals surface area contributed by atoms with Gasteiger partial charge in [-0.15, -0.1) is 0 Å². The van der Waals surface area contributed by atoms with E-state index in [-0.39, 0.29) is 34.1 Å². The third-order valence-corrected chi connectivity index (χ3v) is 6.08. The second kappa shape index (κ2) is 26.7. The first-order valence-electron chi connectivity index (χ1n) is 14.8. The predicted octanol–water partition coefficient (Wildman–Crippen LogP) is 6.98. The van der Waals surface area contributed by atoms with Crippen LogP contribution in [0.1, 0.15) is 71.4 Å². The standard InChI is InChI=1S/C12H11F3N4S.C9H18.C7H11NO.C5H11NO/c1-17-7-3-4-8-11(20-12(13,14)15)9-5-2-6-10(16)19(9)18-8;1-3-5-7-9-8-6-4-2;1-4-7(6-9)5-8(2)3;1-3-4-5(7)6-2/h2,5-6,17H,7,16H2,1H3;5,7H,3-4,6,8-9H2,1-2H3;4-6H,1H2,2-3H3;3-4H2,1-2H3,(H,6,7)/b;7-5-;7-5+;. The number of anilines is 1. The lowest BCUT2D eigenvalue weighted by Crippen LogP contribution is -2.16. The molecule has 0 aliphatic heterocycles. The number of hydrogen-bond acceptors (Lipinski definition) is 7. The van der Waals surface area contributed by atoms with E-state index in [1.54, 1.807) is 37.3 Å². The molecule has 0 aliphatic rings. The minimum Gasteiger partial charge on any atom is -0.384 e. The van der Waals surface area contributed by atoms with E-state index < -0.39 is 5.51 Å². The fraction of sp³-hybridized carbons (Fsp3) is 0.485. The number of halogens is 3. The van der Waals surface area contributed by atoms with Crippen LogP contribution in [0.3, 0.4) is 0 Å². The van der Waals surface area contributed by atoms with Gasteiger partial charge in [-0.25, -0.2) is 4.52 Å². The number of nitrogen functional groups attached to an aromatic ring is 1. The van der Waals surface area contributed by atoms with Crippen molar-refractivity contribution in [2.45, 2.75) is 76.1 Å². The molecule has 0 unspecified atom stereocenters. The van der Waals surface area contributed by atoms with E-state index in [9.17, 15) is 22.8 Å². The number of rotatable bonds is 12. The summed E-state index contributed by atoms with van der Waals surface area (Å²) >= 11 is -0.232. The van der Waals surface area contributed by atoms with Gasteiger partial charge in [0.2, 0.25) is 5.91 Å². The monoisotopic (exact) mass is 652 g/mol. The molecule has 0 aliphatic carbocycles. The van der Waals surface area contributed by atoms with Crippen LogP contribution in [0, 0.1) is 11.8 Å². The van der Waals surface area contributed by atoms with Crippen LogP contribution < -0.4 is 16.4 Å². The molecule has 0 atom stereocenters. The predicted molar refractivity (Wildman–Crippen MR) is 183 cm³/mol. The maximum absolute atomic E-state index is 12.6.